The molecule has 0 N–H and O–H groups in total. The molecule has 0 saturated heterocycles. The average molecular weight is 1590 g/mol. The first-order valence-electron chi connectivity index (χ1n) is 42.5. The van der Waals surface area contributed by atoms with Crippen molar-refractivity contribution in [2.75, 3.05) is 0 Å². The van der Waals surface area contributed by atoms with Crippen molar-refractivity contribution >= 4 is 87.2 Å². The molecule has 22 aromatic rings. The van der Waals surface area contributed by atoms with E-state index in [-0.39, 0.29) is 0 Å². The Balaban J connectivity index is 0.725. The fourth-order valence-corrected chi connectivity index (χ4v) is 19.9. The number of fused-ring (bicyclic) bond motifs is 12. The van der Waals surface area contributed by atoms with Gasteiger partial charge < -0.3 is 18.3 Å². The summed E-state index contributed by atoms with van der Waals surface area (Å²) in [4.78, 5) is 11.3. The molecule has 8 nitrogen and oxygen atoms in total. The van der Waals surface area contributed by atoms with Crippen molar-refractivity contribution in [2.45, 2.75) is 54.9 Å². The van der Waals surface area contributed by atoms with Gasteiger partial charge in [0.1, 0.15) is 0 Å². The summed E-state index contributed by atoms with van der Waals surface area (Å²) in [6.07, 6.45) is 0.641. The Morgan fingerprint density at radius 3 is 0.927 bits per heavy atom. The minimum atomic E-state index is 0.521. The number of hydrogen-bond acceptors (Lipinski definition) is 4. The molecule has 0 radical (unpaired) electrons. The van der Waals surface area contributed by atoms with Crippen LogP contribution in [0.15, 0.2) is 358 Å². The molecule has 16 aromatic carbocycles. The lowest BCUT2D eigenvalue weighted by atomic mass is 9.95. The van der Waals surface area contributed by atoms with Gasteiger partial charge in [-0.15, -0.1) is 0 Å². The highest BCUT2D eigenvalue weighted by atomic mass is 15.0. The molecule has 0 aliphatic carbocycles. The minimum absolute atomic E-state index is 0.521. The van der Waals surface area contributed by atoms with Gasteiger partial charge in [0.25, 0.3) is 0 Å². The first-order valence-corrected chi connectivity index (χ1v) is 42.5. The van der Waals surface area contributed by atoms with Crippen LogP contribution in [-0.4, -0.2) is 28.2 Å². The molecule has 124 heavy (non-hydrogen) atoms. The molecule has 0 aliphatic rings. The highest BCUT2D eigenvalue weighted by molar-refractivity contribution is 6.16. The van der Waals surface area contributed by atoms with E-state index >= 15 is 0 Å². The van der Waals surface area contributed by atoms with E-state index in [9.17, 15) is 10.5 Å². The van der Waals surface area contributed by atoms with E-state index in [2.05, 4.69) is 425 Å². The third kappa shape index (κ3) is 12.8. The SMILES string of the molecule is Cc1cc(C)cc(-c2ccc3c(c2)c2ccccc2n3-c2cc(C#N)cc(-n3c4ccc(Cc5cc(C)cc(-c6ccc7c8ccccc8n(-c8cc(C#N)cc(-n9c%10ccccc%10c%10ccc(-c%11cc(C)cc(C)c%11)cc%109)c8-c8cccc(-c9ccccc9)n8)c7c6)c5)cc4c4cc(-c5cc(C)cc(C)c5)ccc43)c2-c2cccc(-c3ccccc3)n2)c1. The van der Waals surface area contributed by atoms with Crippen molar-refractivity contribution in [1.82, 2.24) is 28.2 Å². The highest BCUT2D eigenvalue weighted by Gasteiger charge is 2.29. The van der Waals surface area contributed by atoms with Gasteiger partial charge in [-0.2, -0.15) is 10.5 Å². The zero-order valence-corrected chi connectivity index (χ0v) is 69.8. The molecule has 0 saturated carbocycles. The number of nitriles is 2. The highest BCUT2D eigenvalue weighted by Crippen LogP contribution is 2.49. The number of hydrogen-bond donors (Lipinski definition) is 0. The summed E-state index contributed by atoms with van der Waals surface area (Å²) in [6, 6.07) is 135. The van der Waals surface area contributed by atoms with Crippen molar-refractivity contribution in [3.8, 4) is 124 Å². The van der Waals surface area contributed by atoms with E-state index in [1.165, 1.54) is 44.5 Å². The number of benzene rings is 16. The fourth-order valence-electron chi connectivity index (χ4n) is 19.9. The number of para-hydroxylation sites is 3. The molecular formula is C116H82N8. The third-order valence-corrected chi connectivity index (χ3v) is 25.0. The minimum Gasteiger partial charge on any atom is -0.308 e. The van der Waals surface area contributed by atoms with Crippen LogP contribution < -0.4 is 0 Å². The third-order valence-electron chi connectivity index (χ3n) is 25.0. The van der Waals surface area contributed by atoms with Gasteiger partial charge in [-0.3, -0.25) is 0 Å². The van der Waals surface area contributed by atoms with Crippen LogP contribution in [0.2, 0.25) is 0 Å². The van der Waals surface area contributed by atoms with Crippen LogP contribution in [-0.2, 0) is 6.42 Å². The summed E-state index contributed by atoms with van der Waals surface area (Å²) in [5.74, 6) is 0. The summed E-state index contributed by atoms with van der Waals surface area (Å²) in [5, 5.41) is 31.9. The van der Waals surface area contributed by atoms with E-state index in [1.54, 1.807) is 0 Å². The van der Waals surface area contributed by atoms with E-state index in [0.717, 1.165) is 205 Å². The average Bonchev–Trinajstić information content (AvgIpc) is 1.56. The normalized spacial score (nSPS) is 11.7. The van der Waals surface area contributed by atoms with Gasteiger partial charge in [0.15, 0.2) is 0 Å². The monoisotopic (exact) mass is 1590 g/mol. The van der Waals surface area contributed by atoms with Crippen LogP contribution in [0.25, 0.3) is 200 Å². The Hall–Kier alpha value is -16.0. The van der Waals surface area contributed by atoms with Gasteiger partial charge in [-0.1, -0.05) is 282 Å². The number of aryl methyl sites for hydroxylation is 7. The maximum atomic E-state index is 11.6. The Labute approximate surface area is 719 Å². The number of pyridine rings is 2. The fraction of sp³-hybridized carbons (Fsp3) is 0.0690. The predicted molar refractivity (Wildman–Crippen MR) is 515 cm³/mol. The van der Waals surface area contributed by atoms with Crippen LogP contribution in [0.4, 0.5) is 0 Å². The molecule has 586 valence electrons. The summed E-state index contributed by atoms with van der Waals surface area (Å²) in [7, 11) is 0. The first-order chi connectivity index (χ1) is 60.7. The van der Waals surface area contributed by atoms with E-state index in [1.807, 2.05) is 12.1 Å². The molecule has 6 heterocycles. The molecule has 0 bridgehead atoms. The Bertz CT molecular complexity index is 8250. The van der Waals surface area contributed by atoms with Crippen LogP contribution in [0.1, 0.15) is 61.2 Å². The van der Waals surface area contributed by atoms with E-state index < -0.39 is 0 Å². The largest absolute Gasteiger partial charge is 0.308 e. The predicted octanol–water partition coefficient (Wildman–Crippen LogP) is 29.7. The topological polar surface area (TPSA) is 93.1 Å². The summed E-state index contributed by atoms with van der Waals surface area (Å²) in [5.41, 5.74) is 39.2. The standard InChI is InChI=1S/C116H82N8/c1-70-46-71(2)51-87(50-70)83-39-44-107-97(64-83)93-28-16-19-35-105(93)121(107)111-60-79(68-117)61-112(115(111)101-31-20-29-99(119-101)81-22-10-8-11-23-81)122-106-43-36-77(59-96(106)98-65-84(40-45-108(98)122)88-52-72(3)47-73(4)53-88)57-78-49-76(7)56-90(58-78)86-38-42-95-92-27-15-18-34-104(92)124(110(95)67-86)114-63-80(69-118)62-113(116(114)102-32-21-30-100(120-102)82-24-12-9-13-25-82)123-103-33-17-14-26-91(103)94-41-37-85(66-109(94)123)89-54-74(5)48-75(6)55-89/h8-56,58-67H,57H2,1-7H3. The van der Waals surface area contributed by atoms with E-state index in [4.69, 9.17) is 9.97 Å². The molecule has 0 atom stereocenters. The number of aromatic nitrogens is 6. The lowest BCUT2D eigenvalue weighted by Crippen LogP contribution is -2.06. The summed E-state index contributed by atoms with van der Waals surface area (Å²) < 4.78 is 9.53. The van der Waals surface area contributed by atoms with Crippen LogP contribution >= 0.6 is 0 Å². The van der Waals surface area contributed by atoms with Crippen molar-refractivity contribution in [1.29, 1.82) is 10.5 Å². The molecule has 0 unspecified atom stereocenters. The van der Waals surface area contributed by atoms with Gasteiger partial charge in [0.05, 0.1) is 113 Å². The molecule has 6 aromatic heterocycles. The van der Waals surface area contributed by atoms with Crippen LogP contribution in [0.3, 0.4) is 0 Å². The maximum absolute atomic E-state index is 11.6. The van der Waals surface area contributed by atoms with Gasteiger partial charge >= 0.3 is 0 Å². The van der Waals surface area contributed by atoms with Gasteiger partial charge in [-0.05, 0) is 226 Å². The Kier molecular flexibility index (Phi) is 17.8. The zero-order chi connectivity index (χ0) is 83.7. The first kappa shape index (κ1) is 74.3. The second-order valence-corrected chi connectivity index (χ2v) is 33.7. The lowest BCUT2D eigenvalue weighted by molar-refractivity contribution is 1.12. The zero-order valence-electron chi connectivity index (χ0n) is 69.8. The Morgan fingerprint density at radius 1 is 0.210 bits per heavy atom. The second kappa shape index (κ2) is 29.8. The molecule has 0 amide bonds. The molecular weight excluding hydrogens is 1510 g/mol. The van der Waals surface area contributed by atoms with Crippen LogP contribution in [0.5, 0.6) is 0 Å². The molecule has 22 rings (SSSR count). The molecule has 0 spiro atoms. The number of rotatable bonds is 14. The number of nitrogens with zero attached hydrogens (tertiary/aromatic N) is 8. The summed E-state index contributed by atoms with van der Waals surface area (Å²) >= 11 is 0. The van der Waals surface area contributed by atoms with Gasteiger partial charge in [-0.25, -0.2) is 9.97 Å². The van der Waals surface area contributed by atoms with E-state index in [0.29, 0.717) is 17.5 Å². The molecule has 0 aliphatic heterocycles. The van der Waals surface area contributed by atoms with Gasteiger partial charge in [0.2, 0.25) is 0 Å². The van der Waals surface area contributed by atoms with Crippen molar-refractivity contribution in [3.63, 3.8) is 0 Å². The van der Waals surface area contributed by atoms with Crippen LogP contribution in [0, 0.1) is 71.1 Å². The van der Waals surface area contributed by atoms with Crippen molar-refractivity contribution in [2.24, 2.45) is 0 Å². The van der Waals surface area contributed by atoms with Crippen molar-refractivity contribution in [3.05, 3.63) is 419 Å². The van der Waals surface area contributed by atoms with Crippen molar-refractivity contribution < 1.29 is 0 Å². The van der Waals surface area contributed by atoms with Gasteiger partial charge in [0, 0.05) is 65.3 Å². The maximum Gasteiger partial charge on any atom is 0.0993 e. The second-order valence-electron chi connectivity index (χ2n) is 33.7. The molecule has 8 heteroatoms. The smallest absolute Gasteiger partial charge is 0.0993 e. The lowest BCUT2D eigenvalue weighted by Gasteiger charge is -2.21. The Morgan fingerprint density at radius 2 is 0.516 bits per heavy atom. The molecule has 0 fully saturated rings. The summed E-state index contributed by atoms with van der Waals surface area (Å²) in [6.45, 7) is 15.2. The quantitative estimate of drug-likeness (QED) is 0.108.